The van der Waals surface area contributed by atoms with Crippen molar-refractivity contribution in [1.29, 1.82) is 0 Å². The second-order valence-corrected chi connectivity index (χ2v) is 8.61. The van der Waals surface area contributed by atoms with Gasteiger partial charge in [-0.3, -0.25) is 9.59 Å². The Balaban J connectivity index is 2.59. The Bertz CT molecular complexity index is 402. The number of aliphatic hydroxyl groups excluding tert-OH is 1. The Kier molecular flexibility index (Phi) is 9.07. The zero-order valence-corrected chi connectivity index (χ0v) is 16.2. The molecule has 1 aliphatic rings. The third-order valence-electron chi connectivity index (χ3n) is 4.05. The fraction of sp³-hybridized carbons (Fsp3) is 0.875. The fourth-order valence-corrected chi connectivity index (χ4v) is 5.73. The second-order valence-electron chi connectivity index (χ2n) is 5.88. The Hall–Kier alpha value is -0.803. The predicted octanol–water partition coefficient (Wildman–Crippen LogP) is 1.37. The maximum absolute atomic E-state index is 12.5. The molecule has 0 saturated carbocycles. The smallest absolute Gasteiger partial charge is 0.391 e. The summed E-state index contributed by atoms with van der Waals surface area (Å²) in [5.41, 5.74) is 0. The highest BCUT2D eigenvalue weighted by molar-refractivity contribution is 6.60. The van der Waals surface area contributed by atoms with E-state index in [9.17, 15) is 14.7 Å². The first kappa shape index (κ1) is 21.2. The van der Waals surface area contributed by atoms with Crippen molar-refractivity contribution >= 4 is 20.5 Å². The molecule has 2 atom stereocenters. The topological polar surface area (TPSA) is 85.3 Å². The highest BCUT2D eigenvalue weighted by Crippen LogP contribution is 2.23. The van der Waals surface area contributed by atoms with Crippen molar-refractivity contribution < 1.29 is 28.0 Å². The van der Waals surface area contributed by atoms with Gasteiger partial charge in [0.1, 0.15) is 0 Å². The van der Waals surface area contributed by atoms with E-state index in [0.29, 0.717) is 45.1 Å². The summed E-state index contributed by atoms with van der Waals surface area (Å²) in [6.07, 6.45) is 0.613. The lowest BCUT2D eigenvalue weighted by atomic mass is 10.1. The van der Waals surface area contributed by atoms with E-state index in [1.807, 2.05) is 20.8 Å². The third kappa shape index (κ3) is 5.93. The number of ketones is 1. The third-order valence-corrected chi connectivity index (χ3v) is 7.21. The highest BCUT2D eigenvalue weighted by atomic mass is 28.4. The average molecular weight is 362 g/mol. The van der Waals surface area contributed by atoms with Crippen molar-refractivity contribution in [1.82, 2.24) is 4.90 Å². The van der Waals surface area contributed by atoms with Crippen LogP contribution in [0.15, 0.2) is 0 Å². The van der Waals surface area contributed by atoms with Gasteiger partial charge in [0.25, 0.3) is 0 Å². The maximum atomic E-state index is 12.5. The van der Waals surface area contributed by atoms with Gasteiger partial charge in [0.2, 0.25) is 5.91 Å². The molecule has 1 unspecified atom stereocenters. The van der Waals surface area contributed by atoms with Gasteiger partial charge in [-0.25, -0.2) is 0 Å². The minimum atomic E-state index is -2.74. The molecule has 1 rings (SSSR count). The molecule has 1 saturated heterocycles. The van der Waals surface area contributed by atoms with Gasteiger partial charge < -0.3 is 23.3 Å². The van der Waals surface area contributed by atoms with Gasteiger partial charge in [-0.1, -0.05) is 0 Å². The SMILES string of the molecule is CCO[Si](CCCC(=O)[C@H]1CC(O)CN1C(C)=O)(OCC)OCC. The van der Waals surface area contributed by atoms with Crippen molar-refractivity contribution in [3.05, 3.63) is 0 Å². The van der Waals surface area contributed by atoms with E-state index in [2.05, 4.69) is 0 Å². The molecule has 0 spiro atoms. The van der Waals surface area contributed by atoms with E-state index in [1.165, 1.54) is 11.8 Å². The van der Waals surface area contributed by atoms with Gasteiger partial charge in [-0.15, -0.1) is 0 Å². The minimum Gasteiger partial charge on any atom is -0.391 e. The van der Waals surface area contributed by atoms with Gasteiger partial charge in [0, 0.05) is 52.2 Å². The van der Waals surface area contributed by atoms with Crippen molar-refractivity contribution in [2.75, 3.05) is 26.4 Å². The molecular formula is C16H31NO6Si. The minimum absolute atomic E-state index is 0.0193. The summed E-state index contributed by atoms with van der Waals surface area (Å²) in [4.78, 5) is 25.5. The lowest BCUT2D eigenvalue weighted by Crippen LogP contribution is -2.46. The number of Topliss-reactive ketones (excluding diaryl/α,β-unsaturated/α-hetero) is 1. The molecule has 0 aromatic carbocycles. The van der Waals surface area contributed by atoms with Gasteiger partial charge in [0.15, 0.2) is 5.78 Å². The molecule has 1 N–H and O–H groups in total. The summed E-state index contributed by atoms with van der Waals surface area (Å²) in [7, 11) is -2.74. The summed E-state index contributed by atoms with van der Waals surface area (Å²) in [5.74, 6) is -0.194. The Morgan fingerprint density at radius 3 is 2.12 bits per heavy atom. The molecule has 1 heterocycles. The molecule has 140 valence electrons. The normalized spacial score (nSPS) is 21.3. The highest BCUT2D eigenvalue weighted by Gasteiger charge is 2.41. The second kappa shape index (κ2) is 10.2. The summed E-state index contributed by atoms with van der Waals surface area (Å²) in [6.45, 7) is 8.88. The molecule has 8 heteroatoms. The van der Waals surface area contributed by atoms with Crippen LogP contribution in [0.4, 0.5) is 0 Å². The lowest BCUT2D eigenvalue weighted by Gasteiger charge is -2.28. The van der Waals surface area contributed by atoms with E-state index in [1.54, 1.807) is 0 Å². The standard InChI is InChI=1S/C16H31NO6Si/c1-5-21-24(22-6-2,23-7-3)10-8-9-16(20)15-11-14(19)12-17(15)13(4)18/h14-15,19H,5-12H2,1-4H3/t14?,15-/m1/s1. The predicted molar refractivity (Wildman–Crippen MR) is 91.5 cm³/mol. The quantitative estimate of drug-likeness (QED) is 0.560. The van der Waals surface area contributed by atoms with Crippen LogP contribution >= 0.6 is 0 Å². The molecule has 0 bridgehead atoms. The number of hydrogen-bond donors (Lipinski definition) is 1. The molecule has 7 nitrogen and oxygen atoms in total. The van der Waals surface area contributed by atoms with Crippen LogP contribution in [0.5, 0.6) is 0 Å². The first-order valence-corrected chi connectivity index (χ1v) is 10.7. The van der Waals surface area contributed by atoms with Crippen LogP contribution in [0.2, 0.25) is 6.04 Å². The number of hydrogen-bond acceptors (Lipinski definition) is 6. The van der Waals surface area contributed by atoms with Crippen molar-refractivity contribution in [3.63, 3.8) is 0 Å². The number of nitrogens with zero attached hydrogens (tertiary/aromatic N) is 1. The summed E-state index contributed by atoms with van der Waals surface area (Å²) in [5, 5.41) is 9.73. The monoisotopic (exact) mass is 361 g/mol. The van der Waals surface area contributed by atoms with Crippen molar-refractivity contribution in [2.45, 2.75) is 65.1 Å². The number of carbonyl (C=O) groups excluding carboxylic acids is 2. The fourth-order valence-electron chi connectivity index (χ4n) is 3.11. The molecule has 1 fully saturated rings. The Labute approximate surface area is 145 Å². The number of aliphatic hydroxyl groups is 1. The molecule has 1 amide bonds. The number of carbonyl (C=O) groups is 2. The molecule has 0 aromatic rings. The number of β-amino-alcohol motifs (C(OH)–C–C–N with tert-alkyl or cyclic N) is 1. The van der Waals surface area contributed by atoms with Gasteiger partial charge in [0.05, 0.1) is 12.1 Å². The lowest BCUT2D eigenvalue weighted by molar-refractivity contribution is -0.136. The zero-order chi connectivity index (χ0) is 18.2. The number of amides is 1. The molecule has 1 aliphatic heterocycles. The average Bonchev–Trinajstić information content (AvgIpc) is 2.90. The summed E-state index contributed by atoms with van der Waals surface area (Å²) >= 11 is 0. The first-order chi connectivity index (χ1) is 11.4. The summed E-state index contributed by atoms with van der Waals surface area (Å²) in [6, 6.07) is 0.0590. The van der Waals surface area contributed by atoms with Crippen LogP contribution in [0.3, 0.4) is 0 Å². The molecular weight excluding hydrogens is 330 g/mol. The molecule has 0 aromatic heterocycles. The first-order valence-electron chi connectivity index (χ1n) is 8.78. The molecule has 0 radical (unpaired) electrons. The van der Waals surface area contributed by atoms with Crippen LogP contribution in [0.25, 0.3) is 0 Å². The van der Waals surface area contributed by atoms with E-state index in [4.69, 9.17) is 13.3 Å². The van der Waals surface area contributed by atoms with E-state index >= 15 is 0 Å². The van der Waals surface area contributed by atoms with Gasteiger partial charge in [-0.05, 0) is 27.2 Å². The van der Waals surface area contributed by atoms with Crippen LogP contribution in [-0.2, 0) is 22.9 Å². The van der Waals surface area contributed by atoms with Crippen molar-refractivity contribution in [3.8, 4) is 0 Å². The molecule has 0 aliphatic carbocycles. The van der Waals surface area contributed by atoms with Crippen molar-refractivity contribution in [2.24, 2.45) is 0 Å². The molecule has 24 heavy (non-hydrogen) atoms. The van der Waals surface area contributed by atoms with E-state index < -0.39 is 21.0 Å². The zero-order valence-electron chi connectivity index (χ0n) is 15.2. The summed E-state index contributed by atoms with van der Waals surface area (Å²) < 4.78 is 17.3. The largest absolute Gasteiger partial charge is 0.500 e. The van der Waals surface area contributed by atoms with Gasteiger partial charge >= 0.3 is 8.80 Å². The van der Waals surface area contributed by atoms with E-state index in [0.717, 1.165) is 0 Å². The van der Waals surface area contributed by atoms with Crippen LogP contribution in [0, 0.1) is 0 Å². The Morgan fingerprint density at radius 1 is 1.12 bits per heavy atom. The number of rotatable bonds is 11. The van der Waals surface area contributed by atoms with Crippen LogP contribution in [-0.4, -0.2) is 69.0 Å². The van der Waals surface area contributed by atoms with Crippen LogP contribution in [0.1, 0.15) is 47.0 Å². The van der Waals surface area contributed by atoms with Crippen LogP contribution < -0.4 is 0 Å². The Morgan fingerprint density at radius 2 is 1.67 bits per heavy atom. The van der Waals surface area contributed by atoms with Gasteiger partial charge in [-0.2, -0.15) is 0 Å². The maximum Gasteiger partial charge on any atom is 0.500 e. The number of likely N-dealkylation sites (tertiary alicyclic amines) is 1. The van der Waals surface area contributed by atoms with E-state index in [-0.39, 0.29) is 18.2 Å².